The summed E-state index contributed by atoms with van der Waals surface area (Å²) in [6.07, 6.45) is 2.99. The van der Waals surface area contributed by atoms with Crippen molar-refractivity contribution in [3.63, 3.8) is 0 Å². The van der Waals surface area contributed by atoms with Gasteiger partial charge in [0.15, 0.2) is 5.82 Å². The summed E-state index contributed by atoms with van der Waals surface area (Å²) in [5.74, 6) is -0.217. The summed E-state index contributed by atoms with van der Waals surface area (Å²) in [6.45, 7) is 0. The van der Waals surface area contributed by atoms with E-state index in [9.17, 15) is 4.79 Å². The lowest BCUT2D eigenvalue weighted by Crippen LogP contribution is -2.06. The zero-order chi connectivity index (χ0) is 11.7. The van der Waals surface area contributed by atoms with E-state index < -0.39 is 5.97 Å². The number of hydrogen-bond acceptors (Lipinski definition) is 6. The molecule has 2 aromatic rings. The van der Waals surface area contributed by atoms with Crippen molar-refractivity contribution in [3.8, 4) is 5.82 Å². The fourth-order valence-corrected chi connectivity index (χ4v) is 1.22. The van der Waals surface area contributed by atoms with Gasteiger partial charge in [0.1, 0.15) is 6.33 Å². The van der Waals surface area contributed by atoms with Gasteiger partial charge in [-0.1, -0.05) is 0 Å². The Balaban J connectivity index is 2.38. The lowest BCUT2D eigenvalue weighted by atomic mass is 10.5. The number of ether oxygens (including phenoxy) is 1. The minimum Gasteiger partial charge on any atom is -0.463 e. The maximum absolute atomic E-state index is 11.1. The highest BCUT2D eigenvalue weighted by atomic mass is 16.5. The van der Waals surface area contributed by atoms with Crippen molar-refractivity contribution in [2.24, 2.45) is 7.05 Å². The Morgan fingerprint density at radius 2 is 2.25 bits per heavy atom. The normalized spacial score (nSPS) is 10.4. The molecular weight excluding hydrogens is 212 g/mol. The summed E-state index contributed by atoms with van der Waals surface area (Å²) < 4.78 is 7.35. The van der Waals surface area contributed by atoms with Crippen LogP contribution in [0.15, 0.2) is 12.5 Å². The first-order valence-electron chi connectivity index (χ1n) is 4.41. The zero-order valence-corrected chi connectivity index (χ0v) is 8.78. The molecular formula is C8H10N6O2. The summed E-state index contributed by atoms with van der Waals surface area (Å²) in [5.41, 5.74) is 6.15. The lowest BCUT2D eigenvalue weighted by molar-refractivity contribution is 0.0587. The van der Waals surface area contributed by atoms with Gasteiger partial charge in [0.2, 0.25) is 0 Å². The molecule has 2 aromatic heterocycles. The molecule has 0 radical (unpaired) electrons. The van der Waals surface area contributed by atoms with E-state index in [0.717, 1.165) is 0 Å². The summed E-state index contributed by atoms with van der Waals surface area (Å²) in [7, 11) is 3.00. The van der Waals surface area contributed by atoms with Gasteiger partial charge < -0.3 is 10.5 Å². The summed E-state index contributed by atoms with van der Waals surface area (Å²) >= 11 is 0. The highest BCUT2D eigenvalue weighted by molar-refractivity contribution is 5.84. The Kier molecular flexibility index (Phi) is 2.31. The van der Waals surface area contributed by atoms with E-state index in [1.807, 2.05) is 0 Å². The van der Waals surface area contributed by atoms with E-state index in [1.165, 1.54) is 18.1 Å². The van der Waals surface area contributed by atoms with Crippen molar-refractivity contribution in [1.82, 2.24) is 24.5 Å². The Morgan fingerprint density at radius 3 is 2.81 bits per heavy atom. The van der Waals surface area contributed by atoms with Gasteiger partial charge >= 0.3 is 5.97 Å². The van der Waals surface area contributed by atoms with E-state index in [1.54, 1.807) is 17.9 Å². The molecule has 0 aromatic carbocycles. The number of anilines is 1. The molecule has 16 heavy (non-hydrogen) atoms. The van der Waals surface area contributed by atoms with Gasteiger partial charge in [-0.2, -0.15) is 9.78 Å². The second-order valence-electron chi connectivity index (χ2n) is 3.09. The Hall–Kier alpha value is -2.38. The monoisotopic (exact) mass is 222 g/mol. The second kappa shape index (κ2) is 3.65. The minimum absolute atomic E-state index is 0.0347. The molecule has 2 N–H and O–H groups in total. The Labute approximate surface area is 90.6 Å². The molecule has 2 heterocycles. The SMILES string of the molecule is COC(=O)c1ncn(-c2nn(C)cc2N)n1. The van der Waals surface area contributed by atoms with Gasteiger partial charge in [-0.3, -0.25) is 4.68 Å². The molecule has 0 bridgehead atoms. The number of carbonyl (C=O) groups excluding carboxylic acids is 1. The maximum atomic E-state index is 11.1. The predicted octanol–water partition coefficient (Wildman–Crippen LogP) is -0.630. The van der Waals surface area contributed by atoms with E-state index in [-0.39, 0.29) is 5.82 Å². The number of rotatable bonds is 2. The Morgan fingerprint density at radius 1 is 1.50 bits per heavy atom. The third-order valence-corrected chi connectivity index (χ3v) is 1.91. The fourth-order valence-electron chi connectivity index (χ4n) is 1.22. The Bertz CT molecular complexity index is 528. The minimum atomic E-state index is -0.603. The van der Waals surface area contributed by atoms with Gasteiger partial charge in [0, 0.05) is 13.2 Å². The van der Waals surface area contributed by atoms with Crippen molar-refractivity contribution in [2.75, 3.05) is 12.8 Å². The average molecular weight is 222 g/mol. The zero-order valence-electron chi connectivity index (χ0n) is 8.78. The maximum Gasteiger partial charge on any atom is 0.377 e. The number of nitrogens with zero attached hydrogens (tertiary/aromatic N) is 5. The number of nitrogens with two attached hydrogens (primary N) is 1. The van der Waals surface area contributed by atoms with Crippen LogP contribution in [-0.4, -0.2) is 37.6 Å². The molecule has 2 rings (SSSR count). The highest BCUT2D eigenvalue weighted by Crippen LogP contribution is 2.12. The van der Waals surface area contributed by atoms with Crippen LogP contribution in [0.3, 0.4) is 0 Å². The van der Waals surface area contributed by atoms with Crippen LogP contribution >= 0.6 is 0 Å². The number of aromatic nitrogens is 5. The average Bonchev–Trinajstić information content (AvgIpc) is 2.83. The predicted molar refractivity (Wildman–Crippen MR) is 53.9 cm³/mol. The molecule has 8 nitrogen and oxygen atoms in total. The molecule has 0 amide bonds. The number of nitrogen functional groups attached to an aromatic ring is 1. The van der Waals surface area contributed by atoms with Crippen molar-refractivity contribution in [2.45, 2.75) is 0 Å². The molecule has 84 valence electrons. The molecule has 0 aliphatic carbocycles. The van der Waals surface area contributed by atoms with Gasteiger partial charge in [-0.05, 0) is 0 Å². The number of methoxy groups -OCH3 is 1. The fraction of sp³-hybridized carbons (Fsp3) is 0.250. The molecule has 8 heteroatoms. The summed E-state index contributed by atoms with van der Waals surface area (Å²) in [5, 5.41) is 7.98. The number of esters is 1. The van der Waals surface area contributed by atoms with Crippen LogP contribution in [0.5, 0.6) is 0 Å². The number of aryl methyl sites for hydroxylation is 1. The first kappa shape index (κ1) is 10.1. The van der Waals surface area contributed by atoms with Gasteiger partial charge in [-0.25, -0.2) is 9.78 Å². The van der Waals surface area contributed by atoms with E-state index >= 15 is 0 Å². The molecule has 0 aliphatic heterocycles. The molecule has 0 atom stereocenters. The van der Waals surface area contributed by atoms with Crippen LogP contribution in [0.25, 0.3) is 5.82 Å². The van der Waals surface area contributed by atoms with Crippen molar-refractivity contribution in [1.29, 1.82) is 0 Å². The van der Waals surface area contributed by atoms with Crippen LogP contribution in [0, 0.1) is 0 Å². The lowest BCUT2D eigenvalue weighted by Gasteiger charge is -1.95. The first-order valence-corrected chi connectivity index (χ1v) is 4.41. The smallest absolute Gasteiger partial charge is 0.377 e. The standard InChI is InChI=1S/C8H10N6O2/c1-13-3-5(9)7(12-13)14-4-10-6(11-14)8(15)16-2/h3-4H,9H2,1-2H3. The van der Waals surface area contributed by atoms with Crippen molar-refractivity contribution >= 4 is 11.7 Å². The van der Waals surface area contributed by atoms with Crippen LogP contribution < -0.4 is 5.73 Å². The molecule has 0 saturated heterocycles. The van der Waals surface area contributed by atoms with Gasteiger partial charge in [-0.15, -0.1) is 5.10 Å². The van der Waals surface area contributed by atoms with Crippen LogP contribution in [0.4, 0.5) is 5.69 Å². The van der Waals surface area contributed by atoms with E-state index in [0.29, 0.717) is 11.5 Å². The largest absolute Gasteiger partial charge is 0.463 e. The molecule has 0 aliphatic rings. The van der Waals surface area contributed by atoms with Crippen LogP contribution in [0.2, 0.25) is 0 Å². The van der Waals surface area contributed by atoms with E-state index in [2.05, 4.69) is 19.9 Å². The third-order valence-electron chi connectivity index (χ3n) is 1.91. The number of hydrogen-bond donors (Lipinski definition) is 1. The van der Waals surface area contributed by atoms with Crippen molar-refractivity contribution in [3.05, 3.63) is 18.3 Å². The molecule has 0 spiro atoms. The first-order chi connectivity index (χ1) is 7.61. The number of carbonyl (C=O) groups is 1. The molecule has 0 unspecified atom stereocenters. The topological polar surface area (TPSA) is 101 Å². The second-order valence-corrected chi connectivity index (χ2v) is 3.09. The van der Waals surface area contributed by atoms with Gasteiger partial charge in [0.05, 0.1) is 12.8 Å². The van der Waals surface area contributed by atoms with E-state index in [4.69, 9.17) is 5.73 Å². The third kappa shape index (κ3) is 1.60. The van der Waals surface area contributed by atoms with Crippen molar-refractivity contribution < 1.29 is 9.53 Å². The summed E-state index contributed by atoms with van der Waals surface area (Å²) in [4.78, 5) is 14.9. The molecule has 0 fully saturated rings. The van der Waals surface area contributed by atoms with Crippen LogP contribution in [0.1, 0.15) is 10.6 Å². The van der Waals surface area contributed by atoms with Crippen LogP contribution in [-0.2, 0) is 11.8 Å². The summed E-state index contributed by atoms with van der Waals surface area (Å²) in [6, 6.07) is 0. The quantitative estimate of drug-likeness (QED) is 0.679. The molecule has 0 saturated carbocycles. The highest BCUT2D eigenvalue weighted by Gasteiger charge is 2.14. The van der Waals surface area contributed by atoms with Gasteiger partial charge in [0.25, 0.3) is 5.82 Å².